The first-order chi connectivity index (χ1) is 7.18. The van der Waals surface area contributed by atoms with E-state index < -0.39 is 5.82 Å². The molecule has 78 valence electrons. The topological polar surface area (TPSA) is 89.8 Å². The van der Waals surface area contributed by atoms with Gasteiger partial charge in [-0.1, -0.05) is 0 Å². The van der Waals surface area contributed by atoms with Crippen molar-refractivity contribution >= 4 is 28.6 Å². The van der Waals surface area contributed by atoms with Gasteiger partial charge in [0.05, 0.1) is 4.91 Å². The van der Waals surface area contributed by atoms with Gasteiger partial charge in [-0.3, -0.25) is 0 Å². The first-order valence-electron chi connectivity index (χ1n) is 4.06. The molecule has 0 saturated carbocycles. The summed E-state index contributed by atoms with van der Waals surface area (Å²) in [5.74, 6) is -0.937. The first-order valence-corrected chi connectivity index (χ1v) is 4.88. The summed E-state index contributed by atoms with van der Waals surface area (Å²) in [6.07, 6.45) is 5.17. The molecule has 1 aliphatic rings. The lowest BCUT2D eigenvalue weighted by atomic mass is 10.3. The second kappa shape index (κ2) is 3.77. The largest absolute Gasteiger partial charge is 0.381 e. The molecule has 2 rings (SSSR count). The van der Waals surface area contributed by atoms with Gasteiger partial charge >= 0.3 is 0 Å². The van der Waals surface area contributed by atoms with Crippen molar-refractivity contribution < 1.29 is 4.39 Å². The van der Waals surface area contributed by atoms with E-state index in [1.807, 2.05) is 0 Å². The molecule has 7 heteroatoms. The maximum atomic E-state index is 13.6. The van der Waals surface area contributed by atoms with Gasteiger partial charge in [0, 0.05) is 6.20 Å². The summed E-state index contributed by atoms with van der Waals surface area (Å²) in [7, 11) is 0. The number of hydrogen-bond donors (Lipinski definition) is 3. The Kier molecular flexibility index (Phi) is 2.46. The van der Waals surface area contributed by atoms with Crippen LogP contribution in [0.1, 0.15) is 5.69 Å². The van der Waals surface area contributed by atoms with E-state index in [1.165, 1.54) is 11.9 Å². The molecule has 0 aliphatic carbocycles. The van der Waals surface area contributed by atoms with Crippen molar-refractivity contribution in [1.82, 2.24) is 14.7 Å². The Balaban J connectivity index is 2.51. The number of nitrogen functional groups attached to an aromatic ring is 2. The van der Waals surface area contributed by atoms with E-state index in [1.54, 1.807) is 18.4 Å². The summed E-state index contributed by atoms with van der Waals surface area (Å²) in [4.78, 5) is 7.94. The minimum atomic E-state index is -0.653. The monoisotopic (exact) mass is 225 g/mol. The number of aromatic nitrogens is 2. The first kappa shape index (κ1) is 9.78. The number of rotatable bonds is 1. The third-order valence-corrected chi connectivity index (χ3v) is 2.51. The van der Waals surface area contributed by atoms with Crippen molar-refractivity contribution in [3.8, 4) is 0 Å². The number of allylic oxidation sites excluding steroid dienone is 2. The zero-order valence-electron chi connectivity index (χ0n) is 7.57. The van der Waals surface area contributed by atoms with Crippen LogP contribution in [0.2, 0.25) is 0 Å². The molecule has 0 aromatic carbocycles. The molecule has 1 aromatic heterocycles. The third-order valence-electron chi connectivity index (χ3n) is 1.71. The molecule has 0 bridgehead atoms. The Morgan fingerprint density at radius 3 is 2.80 bits per heavy atom. The lowest BCUT2D eigenvalue weighted by Gasteiger charge is -2.10. The minimum Gasteiger partial charge on any atom is -0.381 e. The van der Waals surface area contributed by atoms with Crippen LogP contribution in [0.25, 0.3) is 4.91 Å². The van der Waals surface area contributed by atoms with Crippen LogP contribution in [-0.2, 0) is 0 Å². The molecule has 0 saturated heterocycles. The van der Waals surface area contributed by atoms with Crippen LogP contribution < -0.4 is 16.2 Å². The molecule has 0 amide bonds. The highest BCUT2D eigenvalue weighted by Crippen LogP contribution is 2.29. The molecule has 15 heavy (non-hydrogen) atoms. The van der Waals surface area contributed by atoms with Gasteiger partial charge < -0.3 is 16.2 Å². The number of nitrogens with zero attached hydrogens (tertiary/aromatic N) is 2. The van der Waals surface area contributed by atoms with E-state index >= 15 is 0 Å². The van der Waals surface area contributed by atoms with Gasteiger partial charge in [-0.05, 0) is 24.1 Å². The summed E-state index contributed by atoms with van der Waals surface area (Å²) in [5, 5.41) is 0. The predicted octanol–water partition coefficient (Wildman–Crippen LogP) is 0.886. The quantitative estimate of drug-likeness (QED) is 0.615. The predicted molar refractivity (Wildman–Crippen MR) is 58.7 cm³/mol. The zero-order chi connectivity index (χ0) is 10.8. The zero-order valence-corrected chi connectivity index (χ0v) is 8.38. The molecular formula is C8H8FN5S. The summed E-state index contributed by atoms with van der Waals surface area (Å²) < 4.78 is 16.4. The van der Waals surface area contributed by atoms with E-state index in [0.29, 0.717) is 4.91 Å². The normalized spacial score (nSPS) is 14.6. The number of nitrogens with two attached hydrogens (primary N) is 2. The number of halogens is 1. The van der Waals surface area contributed by atoms with E-state index in [2.05, 4.69) is 14.7 Å². The number of nitrogens with one attached hydrogen (secondary N) is 1. The van der Waals surface area contributed by atoms with Crippen LogP contribution in [-0.4, -0.2) is 9.97 Å². The summed E-state index contributed by atoms with van der Waals surface area (Å²) in [6.45, 7) is 0. The molecule has 0 radical (unpaired) electrons. The molecule has 5 N–H and O–H groups in total. The van der Waals surface area contributed by atoms with Gasteiger partial charge in [0.15, 0.2) is 11.6 Å². The lowest BCUT2D eigenvalue weighted by molar-refractivity contribution is 0.616. The van der Waals surface area contributed by atoms with Crippen molar-refractivity contribution in [3.63, 3.8) is 0 Å². The Labute approximate surface area is 89.6 Å². The van der Waals surface area contributed by atoms with Gasteiger partial charge in [-0.15, -0.1) is 0 Å². The molecule has 5 nitrogen and oxygen atoms in total. The second-order valence-corrected chi connectivity index (χ2v) is 3.62. The molecular weight excluding hydrogens is 217 g/mol. The van der Waals surface area contributed by atoms with Crippen LogP contribution in [0, 0.1) is 5.82 Å². The van der Waals surface area contributed by atoms with Crippen molar-refractivity contribution in [3.05, 3.63) is 29.9 Å². The van der Waals surface area contributed by atoms with Gasteiger partial charge in [-0.25, -0.2) is 9.37 Å². The van der Waals surface area contributed by atoms with E-state index in [0.717, 1.165) is 0 Å². The standard InChI is InChI=1S/C8H8FN5S/c9-5-6(4-2-1-3-12-15-4)13-8(11)14-7(5)10/h1-3,12H,(H4,10,11,13,14). The van der Waals surface area contributed by atoms with E-state index in [9.17, 15) is 4.39 Å². The molecule has 1 aliphatic heterocycles. The Morgan fingerprint density at radius 2 is 2.13 bits per heavy atom. The average molecular weight is 225 g/mol. The summed E-state index contributed by atoms with van der Waals surface area (Å²) in [6, 6.07) is 0. The highest BCUT2D eigenvalue weighted by molar-refractivity contribution is 8.06. The second-order valence-electron chi connectivity index (χ2n) is 2.74. The minimum absolute atomic E-state index is 0.0417. The Hall–Kier alpha value is -1.76. The number of hydrogen-bond acceptors (Lipinski definition) is 6. The maximum Gasteiger partial charge on any atom is 0.222 e. The third kappa shape index (κ3) is 1.86. The van der Waals surface area contributed by atoms with Crippen molar-refractivity contribution in [1.29, 1.82) is 0 Å². The molecule has 0 spiro atoms. The maximum absolute atomic E-state index is 13.6. The fraction of sp³-hybridized carbons (Fsp3) is 0. The van der Waals surface area contributed by atoms with E-state index in [4.69, 9.17) is 11.5 Å². The fourth-order valence-electron chi connectivity index (χ4n) is 1.08. The van der Waals surface area contributed by atoms with Crippen molar-refractivity contribution in [2.45, 2.75) is 0 Å². The molecule has 2 heterocycles. The Morgan fingerprint density at radius 1 is 1.33 bits per heavy atom. The SMILES string of the molecule is Nc1nc(N)c(F)c(C2=CC=CNS2)n1. The fourth-order valence-corrected chi connectivity index (χ4v) is 1.73. The summed E-state index contributed by atoms with van der Waals surface area (Å²) in [5.41, 5.74) is 10.9. The molecule has 1 aromatic rings. The molecule has 0 unspecified atom stereocenters. The smallest absolute Gasteiger partial charge is 0.222 e. The summed E-state index contributed by atoms with van der Waals surface area (Å²) >= 11 is 1.23. The van der Waals surface area contributed by atoms with Crippen LogP contribution in [0.5, 0.6) is 0 Å². The van der Waals surface area contributed by atoms with Crippen LogP contribution in [0.4, 0.5) is 16.2 Å². The lowest BCUT2D eigenvalue weighted by Crippen LogP contribution is -2.08. The number of anilines is 2. The van der Waals surface area contributed by atoms with Gasteiger partial charge in [0.25, 0.3) is 0 Å². The van der Waals surface area contributed by atoms with E-state index in [-0.39, 0.29) is 17.5 Å². The Bertz CT molecular complexity index is 457. The van der Waals surface area contributed by atoms with Crippen molar-refractivity contribution in [2.75, 3.05) is 11.5 Å². The van der Waals surface area contributed by atoms with Crippen molar-refractivity contribution in [2.24, 2.45) is 0 Å². The highest BCUT2D eigenvalue weighted by Gasteiger charge is 2.16. The van der Waals surface area contributed by atoms with Gasteiger partial charge in [0.1, 0.15) is 5.69 Å². The van der Waals surface area contributed by atoms with Crippen LogP contribution in [0.3, 0.4) is 0 Å². The van der Waals surface area contributed by atoms with Gasteiger partial charge in [0.2, 0.25) is 5.95 Å². The van der Waals surface area contributed by atoms with Crippen LogP contribution >= 0.6 is 11.9 Å². The molecule has 0 atom stereocenters. The highest BCUT2D eigenvalue weighted by atomic mass is 32.2. The molecule has 0 fully saturated rings. The van der Waals surface area contributed by atoms with Crippen LogP contribution in [0.15, 0.2) is 18.4 Å². The van der Waals surface area contributed by atoms with Gasteiger partial charge in [-0.2, -0.15) is 4.98 Å². The average Bonchev–Trinajstić information content (AvgIpc) is 2.24.